The summed E-state index contributed by atoms with van der Waals surface area (Å²) in [5, 5.41) is 5.44. The summed E-state index contributed by atoms with van der Waals surface area (Å²) in [6, 6.07) is 4.38. The van der Waals surface area contributed by atoms with Gasteiger partial charge in [0.2, 0.25) is 0 Å². The molecule has 17 heavy (non-hydrogen) atoms. The molecule has 4 nitrogen and oxygen atoms in total. The number of aryl methyl sites for hydroxylation is 1. The first kappa shape index (κ1) is 11.9. The van der Waals surface area contributed by atoms with Crippen LogP contribution in [-0.2, 0) is 0 Å². The van der Waals surface area contributed by atoms with Crippen LogP contribution in [0.25, 0.3) is 0 Å². The molecule has 0 aromatic carbocycles. The van der Waals surface area contributed by atoms with E-state index in [2.05, 4.69) is 33.7 Å². The summed E-state index contributed by atoms with van der Waals surface area (Å²) < 4.78 is 0. The maximum absolute atomic E-state index is 5.83. The van der Waals surface area contributed by atoms with Gasteiger partial charge < -0.3 is 11.1 Å². The summed E-state index contributed by atoms with van der Waals surface area (Å²) in [5.41, 5.74) is 6.73. The second-order valence-corrected chi connectivity index (χ2v) is 4.99. The van der Waals surface area contributed by atoms with Gasteiger partial charge in [-0.2, -0.15) is 0 Å². The lowest BCUT2D eigenvalue weighted by molar-refractivity contribution is 0.882. The minimum atomic E-state index is 0.224. The van der Waals surface area contributed by atoms with Crippen LogP contribution in [0.15, 0.2) is 17.5 Å². The molecule has 2 aromatic rings. The fraction of sp³-hybridized carbons (Fsp3) is 0.333. The van der Waals surface area contributed by atoms with Crippen LogP contribution in [0.4, 0.5) is 11.6 Å². The summed E-state index contributed by atoms with van der Waals surface area (Å²) in [7, 11) is 0. The fourth-order valence-corrected chi connectivity index (χ4v) is 2.34. The SMILES string of the molecule is Cc1nc(N)c(C)c(NC(C)c2cccs2)n1. The molecule has 2 rings (SSSR count). The summed E-state index contributed by atoms with van der Waals surface area (Å²) in [5.74, 6) is 2.04. The van der Waals surface area contributed by atoms with E-state index in [1.165, 1.54) is 4.88 Å². The molecule has 0 radical (unpaired) electrons. The van der Waals surface area contributed by atoms with Gasteiger partial charge in [-0.15, -0.1) is 11.3 Å². The number of nitrogen functional groups attached to an aromatic ring is 1. The van der Waals surface area contributed by atoms with Crippen molar-refractivity contribution in [1.82, 2.24) is 9.97 Å². The Kier molecular flexibility index (Phi) is 3.28. The van der Waals surface area contributed by atoms with Gasteiger partial charge in [0.15, 0.2) is 0 Å². The third-order valence-electron chi connectivity index (χ3n) is 2.62. The van der Waals surface area contributed by atoms with E-state index in [4.69, 9.17) is 5.73 Å². The molecule has 0 aliphatic rings. The Labute approximate surface area is 105 Å². The molecule has 5 heteroatoms. The molecule has 0 bridgehead atoms. The normalized spacial score (nSPS) is 12.4. The molecule has 0 aliphatic carbocycles. The smallest absolute Gasteiger partial charge is 0.135 e. The summed E-state index contributed by atoms with van der Waals surface area (Å²) in [4.78, 5) is 9.80. The quantitative estimate of drug-likeness (QED) is 0.876. The molecule has 0 aliphatic heterocycles. The predicted octanol–water partition coefficient (Wildman–Crippen LogP) is 2.91. The van der Waals surface area contributed by atoms with E-state index < -0.39 is 0 Å². The molecule has 1 atom stereocenters. The van der Waals surface area contributed by atoms with Crippen LogP contribution in [0.3, 0.4) is 0 Å². The average molecular weight is 248 g/mol. The van der Waals surface area contributed by atoms with E-state index >= 15 is 0 Å². The Hall–Kier alpha value is -1.62. The van der Waals surface area contributed by atoms with Crippen molar-refractivity contribution in [1.29, 1.82) is 0 Å². The number of nitrogens with one attached hydrogen (secondary N) is 1. The first-order chi connectivity index (χ1) is 8.08. The highest BCUT2D eigenvalue weighted by molar-refractivity contribution is 7.10. The summed E-state index contributed by atoms with van der Waals surface area (Å²) in [6.07, 6.45) is 0. The predicted molar refractivity (Wildman–Crippen MR) is 72.3 cm³/mol. The number of aromatic nitrogens is 2. The van der Waals surface area contributed by atoms with Gasteiger partial charge >= 0.3 is 0 Å². The first-order valence-corrected chi connectivity index (χ1v) is 6.36. The van der Waals surface area contributed by atoms with Crippen molar-refractivity contribution in [2.45, 2.75) is 26.8 Å². The van der Waals surface area contributed by atoms with Crippen molar-refractivity contribution < 1.29 is 0 Å². The molecule has 0 saturated heterocycles. The van der Waals surface area contributed by atoms with Crippen LogP contribution < -0.4 is 11.1 Å². The van der Waals surface area contributed by atoms with E-state index in [9.17, 15) is 0 Å². The third kappa shape index (κ3) is 2.55. The van der Waals surface area contributed by atoms with Crippen LogP contribution in [0, 0.1) is 13.8 Å². The molecule has 0 amide bonds. The van der Waals surface area contributed by atoms with Gasteiger partial charge in [-0.1, -0.05) is 6.07 Å². The monoisotopic (exact) mass is 248 g/mol. The van der Waals surface area contributed by atoms with Crippen molar-refractivity contribution in [2.24, 2.45) is 0 Å². The van der Waals surface area contributed by atoms with E-state index in [0.29, 0.717) is 11.6 Å². The van der Waals surface area contributed by atoms with Gasteiger partial charge in [0, 0.05) is 10.4 Å². The fourth-order valence-electron chi connectivity index (χ4n) is 1.60. The zero-order valence-electron chi connectivity index (χ0n) is 10.2. The van der Waals surface area contributed by atoms with E-state index in [-0.39, 0.29) is 6.04 Å². The lowest BCUT2D eigenvalue weighted by Crippen LogP contribution is -2.11. The summed E-state index contributed by atoms with van der Waals surface area (Å²) in [6.45, 7) is 5.88. The molecule has 1 unspecified atom stereocenters. The number of nitrogens with two attached hydrogens (primary N) is 1. The first-order valence-electron chi connectivity index (χ1n) is 5.48. The number of hydrogen-bond donors (Lipinski definition) is 2. The number of anilines is 2. The second kappa shape index (κ2) is 4.71. The van der Waals surface area contributed by atoms with Crippen molar-refractivity contribution in [3.63, 3.8) is 0 Å². The third-order valence-corrected chi connectivity index (χ3v) is 3.67. The van der Waals surface area contributed by atoms with Crippen molar-refractivity contribution >= 4 is 23.0 Å². The van der Waals surface area contributed by atoms with Crippen LogP contribution in [-0.4, -0.2) is 9.97 Å². The minimum Gasteiger partial charge on any atom is -0.383 e. The van der Waals surface area contributed by atoms with E-state index in [0.717, 1.165) is 11.4 Å². The molecule has 0 saturated carbocycles. The van der Waals surface area contributed by atoms with Gasteiger partial charge in [0.05, 0.1) is 6.04 Å². The maximum Gasteiger partial charge on any atom is 0.135 e. The lowest BCUT2D eigenvalue weighted by Gasteiger charge is -2.15. The topological polar surface area (TPSA) is 63.8 Å². The number of hydrogen-bond acceptors (Lipinski definition) is 5. The van der Waals surface area contributed by atoms with Gasteiger partial charge in [-0.3, -0.25) is 0 Å². The summed E-state index contributed by atoms with van der Waals surface area (Å²) >= 11 is 1.73. The zero-order chi connectivity index (χ0) is 12.4. The standard InChI is InChI=1S/C12H16N4S/c1-7-11(13)15-9(3)16-12(7)14-8(2)10-5-4-6-17-10/h4-6,8H,1-3H3,(H3,13,14,15,16). The maximum atomic E-state index is 5.83. The van der Waals surface area contributed by atoms with Crippen LogP contribution in [0.5, 0.6) is 0 Å². The van der Waals surface area contributed by atoms with Crippen molar-refractivity contribution in [2.75, 3.05) is 11.1 Å². The molecule has 2 aromatic heterocycles. The lowest BCUT2D eigenvalue weighted by atomic mass is 10.2. The molecule has 90 valence electrons. The Morgan fingerprint density at radius 1 is 1.35 bits per heavy atom. The van der Waals surface area contributed by atoms with E-state index in [1.807, 2.05) is 19.9 Å². The highest BCUT2D eigenvalue weighted by Gasteiger charge is 2.11. The van der Waals surface area contributed by atoms with E-state index in [1.54, 1.807) is 11.3 Å². The van der Waals surface area contributed by atoms with Gasteiger partial charge in [-0.05, 0) is 32.2 Å². The highest BCUT2D eigenvalue weighted by Crippen LogP contribution is 2.25. The Morgan fingerprint density at radius 2 is 2.12 bits per heavy atom. The molecule has 2 heterocycles. The number of thiophene rings is 1. The van der Waals surface area contributed by atoms with Gasteiger partial charge in [0.25, 0.3) is 0 Å². The largest absolute Gasteiger partial charge is 0.383 e. The molecule has 0 spiro atoms. The van der Waals surface area contributed by atoms with Gasteiger partial charge in [0.1, 0.15) is 17.5 Å². The van der Waals surface area contributed by atoms with Gasteiger partial charge in [-0.25, -0.2) is 9.97 Å². The Morgan fingerprint density at radius 3 is 2.76 bits per heavy atom. The number of rotatable bonds is 3. The average Bonchev–Trinajstić information content (AvgIpc) is 2.78. The Bertz CT molecular complexity index is 507. The van der Waals surface area contributed by atoms with Crippen LogP contribution in [0.2, 0.25) is 0 Å². The minimum absolute atomic E-state index is 0.224. The van der Waals surface area contributed by atoms with Crippen LogP contribution >= 0.6 is 11.3 Å². The second-order valence-electron chi connectivity index (χ2n) is 4.01. The molecular formula is C12H16N4S. The Balaban J connectivity index is 2.24. The van der Waals surface area contributed by atoms with Crippen molar-refractivity contribution in [3.05, 3.63) is 33.8 Å². The molecular weight excluding hydrogens is 232 g/mol. The number of nitrogens with zero attached hydrogens (tertiary/aromatic N) is 2. The molecule has 0 fully saturated rings. The van der Waals surface area contributed by atoms with Crippen LogP contribution in [0.1, 0.15) is 29.2 Å². The molecule has 3 N–H and O–H groups in total. The van der Waals surface area contributed by atoms with Crippen molar-refractivity contribution in [3.8, 4) is 0 Å². The highest BCUT2D eigenvalue weighted by atomic mass is 32.1. The zero-order valence-corrected chi connectivity index (χ0v) is 11.0.